The van der Waals surface area contributed by atoms with Crippen LogP contribution in [-0.4, -0.2) is 95.0 Å². The lowest BCUT2D eigenvalue weighted by Crippen LogP contribution is -2.47. The molecule has 0 aliphatic rings. The number of hydrogen-bond donors (Lipinski definition) is 7. The van der Waals surface area contributed by atoms with Gasteiger partial charge in [0.05, 0.1) is 25.4 Å². The Hall–Kier alpha value is -1.28. The Labute approximate surface area is 155 Å². The molecule has 1 rings (SSSR count). The Bertz CT molecular complexity index is 548. The number of thioether (sulfide) groups is 1. The summed E-state index contributed by atoms with van der Waals surface area (Å²) >= 11 is 1.57. The van der Waals surface area contributed by atoms with Crippen LogP contribution >= 0.6 is 11.8 Å². The number of anilines is 1. The molecule has 12 heteroatoms. The van der Waals surface area contributed by atoms with Crippen LogP contribution in [0.25, 0.3) is 0 Å². The molecule has 150 valence electrons. The molecule has 0 saturated carbocycles. The first-order chi connectivity index (χ1) is 12.3. The van der Waals surface area contributed by atoms with Crippen LogP contribution in [-0.2, 0) is 11.3 Å². The summed E-state index contributed by atoms with van der Waals surface area (Å²) < 4.78 is 1.15. The average molecular weight is 393 g/mol. The molecule has 1 heterocycles. The topological polar surface area (TPSA) is 187 Å². The third kappa shape index (κ3) is 7.15. The maximum Gasteiger partial charge on any atom is 0.243 e. The summed E-state index contributed by atoms with van der Waals surface area (Å²) in [6.07, 6.45) is -4.18. The molecule has 0 spiro atoms. The highest BCUT2D eigenvalue weighted by molar-refractivity contribution is 7.99. The molecule has 11 nitrogen and oxygen atoms in total. The fraction of sp³-hybridized carbons (Fsp3) is 0.786. The summed E-state index contributed by atoms with van der Waals surface area (Å²) in [7, 11) is 0. The standard InChI is InChI=1S/C14H27N5O6S/c1-2-3-26-7-8(15)14(25)16-11-5-19(18-17-11)4-9(21)12(23)13(24)10(22)6-20/h5,8-10,12-13,20-24H,2-4,6-7,15H2,1H3,(H,16,25)/t8-,9+,10-,12+,13-/m1/s1. The molecule has 0 bridgehead atoms. The lowest BCUT2D eigenvalue weighted by Gasteiger charge is -2.25. The van der Waals surface area contributed by atoms with Crippen molar-refractivity contribution in [2.45, 2.75) is 50.3 Å². The Morgan fingerprint density at radius 1 is 1.31 bits per heavy atom. The SMILES string of the molecule is CCCSC[C@@H](N)C(=O)Nc1cn(C[C@H](O)[C@H](O)[C@H](O)[C@H](O)CO)nn1. The molecule has 1 amide bonds. The van der Waals surface area contributed by atoms with E-state index in [1.54, 1.807) is 11.8 Å². The van der Waals surface area contributed by atoms with E-state index in [2.05, 4.69) is 15.6 Å². The first-order valence-electron chi connectivity index (χ1n) is 8.17. The Balaban J connectivity index is 2.52. The minimum atomic E-state index is -1.73. The largest absolute Gasteiger partial charge is 0.394 e. The van der Waals surface area contributed by atoms with E-state index < -0.39 is 43.0 Å². The fourth-order valence-corrected chi connectivity index (χ4v) is 2.82. The van der Waals surface area contributed by atoms with E-state index in [4.69, 9.17) is 10.8 Å². The van der Waals surface area contributed by atoms with Crippen LogP contribution < -0.4 is 11.1 Å². The molecule has 0 fully saturated rings. The van der Waals surface area contributed by atoms with Gasteiger partial charge in [0, 0.05) is 5.75 Å². The quantitative estimate of drug-likeness (QED) is 0.182. The number of aliphatic hydroxyl groups is 5. The first-order valence-corrected chi connectivity index (χ1v) is 9.33. The van der Waals surface area contributed by atoms with Crippen molar-refractivity contribution in [2.75, 3.05) is 23.4 Å². The third-order valence-electron chi connectivity index (χ3n) is 3.47. The van der Waals surface area contributed by atoms with Crippen molar-refractivity contribution in [3.63, 3.8) is 0 Å². The van der Waals surface area contributed by atoms with E-state index in [-0.39, 0.29) is 12.4 Å². The Morgan fingerprint density at radius 2 is 1.96 bits per heavy atom. The molecular formula is C14H27N5O6S. The number of aromatic nitrogens is 3. The van der Waals surface area contributed by atoms with Crippen LogP contribution in [0.5, 0.6) is 0 Å². The van der Waals surface area contributed by atoms with E-state index in [1.165, 1.54) is 6.20 Å². The van der Waals surface area contributed by atoms with Gasteiger partial charge in [-0.1, -0.05) is 12.1 Å². The number of amides is 1. The van der Waals surface area contributed by atoms with Gasteiger partial charge in [-0.05, 0) is 12.2 Å². The van der Waals surface area contributed by atoms with Gasteiger partial charge in [-0.2, -0.15) is 11.8 Å². The normalized spacial score (nSPS) is 17.3. The predicted molar refractivity (Wildman–Crippen MR) is 95.4 cm³/mol. The van der Waals surface area contributed by atoms with Gasteiger partial charge >= 0.3 is 0 Å². The highest BCUT2D eigenvalue weighted by Crippen LogP contribution is 2.09. The zero-order valence-corrected chi connectivity index (χ0v) is 15.3. The summed E-state index contributed by atoms with van der Waals surface area (Å²) in [5, 5.41) is 57.1. The van der Waals surface area contributed by atoms with E-state index in [9.17, 15) is 25.2 Å². The van der Waals surface area contributed by atoms with Gasteiger partial charge in [-0.25, -0.2) is 4.68 Å². The Morgan fingerprint density at radius 3 is 2.58 bits per heavy atom. The second kappa shape index (κ2) is 11.4. The van der Waals surface area contributed by atoms with Gasteiger partial charge in [0.2, 0.25) is 5.91 Å². The van der Waals surface area contributed by atoms with Crippen molar-refractivity contribution in [1.82, 2.24) is 15.0 Å². The maximum atomic E-state index is 11.9. The van der Waals surface area contributed by atoms with Gasteiger partial charge in [-0.3, -0.25) is 4.79 Å². The molecule has 1 aromatic rings. The van der Waals surface area contributed by atoms with Crippen molar-refractivity contribution in [1.29, 1.82) is 0 Å². The zero-order chi connectivity index (χ0) is 19.7. The lowest BCUT2D eigenvalue weighted by atomic mass is 10.0. The van der Waals surface area contributed by atoms with Crippen molar-refractivity contribution in [3.8, 4) is 0 Å². The van der Waals surface area contributed by atoms with Gasteiger partial charge in [0.15, 0.2) is 5.82 Å². The highest BCUT2D eigenvalue weighted by atomic mass is 32.2. The zero-order valence-electron chi connectivity index (χ0n) is 14.5. The number of hydrogen-bond acceptors (Lipinski definition) is 10. The number of nitrogens with two attached hydrogens (primary N) is 1. The molecule has 5 atom stereocenters. The van der Waals surface area contributed by atoms with Crippen LogP contribution in [0, 0.1) is 0 Å². The van der Waals surface area contributed by atoms with Gasteiger partial charge in [0.1, 0.15) is 24.4 Å². The maximum absolute atomic E-state index is 11.9. The van der Waals surface area contributed by atoms with Gasteiger partial charge in [-0.15, -0.1) is 5.10 Å². The number of nitrogens with one attached hydrogen (secondary N) is 1. The molecule has 0 aliphatic heterocycles. The van der Waals surface area contributed by atoms with Crippen LogP contribution in [0.3, 0.4) is 0 Å². The molecule has 0 aromatic carbocycles. The van der Waals surface area contributed by atoms with Crippen LogP contribution in [0.1, 0.15) is 13.3 Å². The van der Waals surface area contributed by atoms with E-state index in [1.807, 2.05) is 6.92 Å². The number of nitrogens with zero attached hydrogens (tertiary/aromatic N) is 3. The number of rotatable bonds is 12. The molecule has 8 N–H and O–H groups in total. The molecule has 0 aliphatic carbocycles. The van der Waals surface area contributed by atoms with Gasteiger partial charge < -0.3 is 36.6 Å². The molecule has 0 radical (unpaired) electrons. The summed E-state index contributed by atoms with van der Waals surface area (Å²) in [6, 6.07) is -0.695. The van der Waals surface area contributed by atoms with Crippen molar-refractivity contribution < 1.29 is 30.3 Å². The molecule has 26 heavy (non-hydrogen) atoms. The van der Waals surface area contributed by atoms with Crippen LogP contribution in [0.2, 0.25) is 0 Å². The number of carbonyl (C=O) groups excluding carboxylic acids is 1. The second-order valence-electron chi connectivity index (χ2n) is 5.79. The molecular weight excluding hydrogens is 366 g/mol. The van der Waals surface area contributed by atoms with E-state index >= 15 is 0 Å². The highest BCUT2D eigenvalue weighted by Gasteiger charge is 2.30. The summed E-state index contributed by atoms with van der Waals surface area (Å²) in [5.41, 5.74) is 5.78. The lowest BCUT2D eigenvalue weighted by molar-refractivity contribution is -0.118. The average Bonchev–Trinajstić information content (AvgIpc) is 3.06. The number of carbonyl (C=O) groups is 1. The summed E-state index contributed by atoms with van der Waals surface area (Å²) in [5.74, 6) is 1.10. The molecule has 0 saturated heterocycles. The van der Waals surface area contributed by atoms with Gasteiger partial charge in [0.25, 0.3) is 0 Å². The minimum absolute atomic E-state index is 0.128. The molecule has 0 unspecified atom stereocenters. The fourth-order valence-electron chi connectivity index (χ4n) is 1.96. The van der Waals surface area contributed by atoms with Crippen LogP contribution in [0.15, 0.2) is 6.20 Å². The third-order valence-corrected chi connectivity index (χ3v) is 4.76. The number of aliphatic hydroxyl groups excluding tert-OH is 5. The summed E-state index contributed by atoms with van der Waals surface area (Å²) in [4.78, 5) is 11.9. The summed E-state index contributed by atoms with van der Waals surface area (Å²) in [6.45, 7) is 1.02. The first kappa shape index (κ1) is 22.8. The minimum Gasteiger partial charge on any atom is -0.394 e. The van der Waals surface area contributed by atoms with Crippen molar-refractivity contribution in [2.24, 2.45) is 5.73 Å². The smallest absolute Gasteiger partial charge is 0.243 e. The van der Waals surface area contributed by atoms with Crippen LogP contribution in [0.4, 0.5) is 5.82 Å². The van der Waals surface area contributed by atoms with E-state index in [0.29, 0.717) is 5.75 Å². The Kier molecular flexibility index (Phi) is 10.0. The monoisotopic (exact) mass is 393 g/mol. The van der Waals surface area contributed by atoms with E-state index in [0.717, 1.165) is 16.9 Å². The second-order valence-corrected chi connectivity index (χ2v) is 6.94. The predicted octanol–water partition coefficient (Wildman–Crippen LogP) is -2.88. The molecule has 1 aromatic heterocycles. The van der Waals surface area contributed by atoms with Crippen molar-refractivity contribution >= 4 is 23.5 Å². The van der Waals surface area contributed by atoms with Crippen molar-refractivity contribution in [3.05, 3.63) is 6.20 Å².